The summed E-state index contributed by atoms with van der Waals surface area (Å²) >= 11 is 0. The number of aromatic nitrogens is 1. The number of ether oxygens (including phenoxy) is 4. The number of rotatable bonds is 7. The van der Waals surface area contributed by atoms with Gasteiger partial charge in [-0.15, -0.1) is 0 Å². The monoisotopic (exact) mass is 1070 g/mol. The van der Waals surface area contributed by atoms with Gasteiger partial charge in [-0.2, -0.15) is 5.10 Å². The van der Waals surface area contributed by atoms with Gasteiger partial charge in [0.15, 0.2) is 11.6 Å². The van der Waals surface area contributed by atoms with Crippen LogP contribution >= 0.6 is 0 Å². The van der Waals surface area contributed by atoms with Crippen LogP contribution in [-0.2, 0) is 30.3 Å². The highest BCUT2D eigenvalue weighted by Gasteiger charge is 2.50. The van der Waals surface area contributed by atoms with Crippen molar-refractivity contribution in [3.8, 4) is 23.0 Å². The maximum absolute atomic E-state index is 16.5. The molecule has 4 aromatic rings. The van der Waals surface area contributed by atoms with E-state index in [9.17, 15) is 54.6 Å². The highest BCUT2D eigenvalue weighted by atomic mass is 19.1. The van der Waals surface area contributed by atoms with Crippen molar-refractivity contribution >= 4 is 62.9 Å². The Bertz CT molecular complexity index is 3250. The summed E-state index contributed by atoms with van der Waals surface area (Å²) in [6, 6.07) is 0.178. The topological polar surface area (TPSA) is 279 Å². The molecule has 1 amide bonds. The molecule has 1 aromatic heterocycles. The summed E-state index contributed by atoms with van der Waals surface area (Å²) in [5.41, 5.74) is -3.49. The number of anilines is 2. The van der Waals surface area contributed by atoms with E-state index in [1.807, 2.05) is 0 Å². The first kappa shape index (κ1) is 57.2. The number of aromatic hydroxyl groups is 3. The Morgan fingerprint density at radius 3 is 2.27 bits per heavy atom. The van der Waals surface area contributed by atoms with Crippen molar-refractivity contribution in [2.24, 2.45) is 28.8 Å². The van der Waals surface area contributed by atoms with E-state index in [1.165, 1.54) is 67.5 Å². The lowest BCUT2D eigenvalue weighted by atomic mass is 9.78. The standard InChI is InChI=1S/C55H65F2N5O15/c1-12-60-23-34(54(72)73)47(67)32-20-35(56)43(40(57)42(32)60)61-17-18-62(26(4)22-61)58-21-33-41-49(69)38-37(48(33)68)39-51(30(8)46(38)66)77-55(10,52(39)70)75-19-16-36(74-11)27(5)50(76-31(9)63)29(7)45(65)28(6)44(64)24(2)14-13-15-25(3)53(71)59-41/h13-16,19-21,23-24,26-29,36,44-45,50,64-66,68-69H,12,17-18,22H2,1-11H3,(H,59,71)(H,72,73)/b14-13+,19-16+,25-15-,58-21+/t24-,26?,27-,28-,29-,36+,44+,45+,50-,55+/m1/s1. The number of phenolic OH excluding ortho intramolecular Hbond substituents is 3. The van der Waals surface area contributed by atoms with E-state index in [-0.39, 0.29) is 59.7 Å². The Hall–Kier alpha value is -7.56. The van der Waals surface area contributed by atoms with E-state index in [2.05, 4.69) is 10.4 Å². The largest absolute Gasteiger partial charge is 0.507 e. The Labute approximate surface area is 442 Å². The van der Waals surface area contributed by atoms with E-state index in [0.717, 1.165) is 24.7 Å². The number of Topliss-reactive ketones (excluding diaryl/α,β-unsaturated/α-hetero) is 1. The van der Waals surface area contributed by atoms with E-state index < -0.39 is 151 Å². The molecule has 1 fully saturated rings. The van der Waals surface area contributed by atoms with Gasteiger partial charge in [-0.25, -0.2) is 13.6 Å². The second kappa shape index (κ2) is 22.2. The lowest BCUT2D eigenvalue weighted by Gasteiger charge is -2.39. The van der Waals surface area contributed by atoms with Crippen LogP contribution in [0.5, 0.6) is 23.0 Å². The van der Waals surface area contributed by atoms with Crippen LogP contribution in [0.2, 0.25) is 0 Å². The van der Waals surface area contributed by atoms with Gasteiger partial charge in [-0.3, -0.25) is 24.2 Å². The van der Waals surface area contributed by atoms with E-state index in [0.29, 0.717) is 0 Å². The number of carboxylic acids is 1. The molecule has 20 nitrogen and oxygen atoms in total. The highest BCUT2D eigenvalue weighted by molar-refractivity contribution is 6.24. The molecular weight excluding hydrogens is 1010 g/mol. The van der Waals surface area contributed by atoms with Crippen LogP contribution in [0, 0.1) is 42.2 Å². The lowest BCUT2D eigenvalue weighted by molar-refractivity contribution is -0.160. The Balaban J connectivity index is 1.33. The smallest absolute Gasteiger partial charge is 0.341 e. The number of hydrazone groups is 1. The van der Waals surface area contributed by atoms with Gasteiger partial charge in [0, 0.05) is 87.0 Å². The summed E-state index contributed by atoms with van der Waals surface area (Å²) in [6.07, 6.45) is 5.07. The molecule has 1 unspecified atom stereocenters. The van der Waals surface area contributed by atoms with Crippen molar-refractivity contribution in [3.63, 3.8) is 0 Å². The number of aliphatic hydroxyl groups excluding tert-OH is 2. The number of ketones is 1. The number of aliphatic hydroxyl groups is 2. The van der Waals surface area contributed by atoms with Crippen LogP contribution in [0.15, 0.2) is 58.3 Å². The van der Waals surface area contributed by atoms with Gasteiger partial charge in [-0.1, -0.05) is 45.9 Å². The molecule has 5 bridgehead atoms. The summed E-state index contributed by atoms with van der Waals surface area (Å²) in [6.45, 7) is 15.4. The van der Waals surface area contributed by atoms with Crippen LogP contribution in [-0.4, -0.2) is 133 Å². The van der Waals surface area contributed by atoms with Crippen LogP contribution in [0.4, 0.5) is 20.2 Å². The Kier molecular flexibility index (Phi) is 16.5. The van der Waals surface area contributed by atoms with Gasteiger partial charge in [0.05, 0.1) is 76.5 Å². The number of allylic oxidation sites excluding steroid dienone is 2. The lowest BCUT2D eigenvalue weighted by Crippen LogP contribution is -2.50. The second-order valence-corrected chi connectivity index (χ2v) is 20.2. The first-order valence-electron chi connectivity index (χ1n) is 25.1. The summed E-state index contributed by atoms with van der Waals surface area (Å²) in [4.78, 5) is 67.4. The number of hydrogen-bond donors (Lipinski definition) is 7. The molecule has 0 radical (unpaired) electrons. The number of aryl methyl sites for hydroxylation is 1. The fourth-order valence-electron chi connectivity index (χ4n) is 10.5. The Morgan fingerprint density at radius 1 is 0.961 bits per heavy atom. The minimum atomic E-state index is -2.17. The second-order valence-electron chi connectivity index (χ2n) is 20.2. The third-order valence-electron chi connectivity index (χ3n) is 15.1. The molecule has 1 saturated heterocycles. The normalized spacial score (nSPS) is 28.1. The molecular formula is C55H65F2N5O15. The average Bonchev–Trinajstić information content (AvgIpc) is 3.68. The zero-order chi connectivity index (χ0) is 56.9. The summed E-state index contributed by atoms with van der Waals surface area (Å²) in [5, 5.41) is 76.5. The molecule has 4 aliphatic heterocycles. The molecule has 414 valence electrons. The molecule has 4 aliphatic rings. The fourth-order valence-corrected chi connectivity index (χ4v) is 10.5. The molecule has 8 rings (SSSR count). The third-order valence-corrected chi connectivity index (χ3v) is 15.1. The first-order valence-corrected chi connectivity index (χ1v) is 25.1. The van der Waals surface area contributed by atoms with E-state index in [1.54, 1.807) is 47.6 Å². The van der Waals surface area contributed by atoms with Crippen molar-refractivity contribution in [1.82, 2.24) is 9.58 Å². The summed E-state index contributed by atoms with van der Waals surface area (Å²) < 4.78 is 57.3. The van der Waals surface area contributed by atoms with Crippen LogP contribution in [0.3, 0.4) is 0 Å². The molecule has 0 aliphatic carbocycles. The van der Waals surface area contributed by atoms with Crippen molar-refractivity contribution < 1.29 is 77.5 Å². The SMILES string of the molecule is CCn1cc(C(=O)O)c(=O)c2cc(F)c(N3CCN(/N=C/c4c5c(O)c6c(O)c(C)c7c(c6c4O)C(=O)[C@@](C)(O/C=C/[C@H](OC)[C@@H](C)[C@@H](OC(C)=O)[C@H](C)[C@@H](O)[C@H](C)[C@@H](O)[C@H](C)/C=C/C=C(/C)C(=O)N5)O7)C(C)C3)c(F)c21. The molecule has 10 atom stereocenters. The number of methoxy groups -OCH3 is 1. The van der Waals surface area contributed by atoms with E-state index in [4.69, 9.17) is 18.9 Å². The summed E-state index contributed by atoms with van der Waals surface area (Å²) in [7, 11) is 1.40. The number of esters is 1. The maximum atomic E-state index is 16.5. The van der Waals surface area contributed by atoms with Gasteiger partial charge >= 0.3 is 17.7 Å². The molecule has 77 heavy (non-hydrogen) atoms. The minimum absolute atomic E-state index is 0.00870. The molecule has 0 spiro atoms. The van der Waals surface area contributed by atoms with Gasteiger partial charge in [0.1, 0.15) is 40.4 Å². The number of piperazine rings is 1. The predicted octanol–water partition coefficient (Wildman–Crippen LogP) is 6.61. The number of carbonyl (C=O) groups excluding carboxylic acids is 3. The number of carboxylic acid groups (broad SMARTS) is 1. The number of aromatic carboxylic acids is 1. The van der Waals surface area contributed by atoms with Crippen molar-refractivity contribution in [2.75, 3.05) is 37.0 Å². The highest BCUT2D eigenvalue weighted by Crippen LogP contribution is 2.55. The fraction of sp³-hybridized carbons (Fsp3) is 0.455. The van der Waals surface area contributed by atoms with Gasteiger partial charge in [0.25, 0.3) is 11.7 Å². The number of carbonyl (C=O) groups is 4. The van der Waals surface area contributed by atoms with Crippen molar-refractivity contribution in [3.05, 3.63) is 92.5 Å². The number of halogens is 2. The van der Waals surface area contributed by atoms with Crippen molar-refractivity contribution in [1.29, 1.82) is 0 Å². The zero-order valence-electron chi connectivity index (χ0n) is 44.5. The first-order chi connectivity index (χ1) is 36.2. The number of benzene rings is 3. The number of nitrogens with one attached hydrogen (secondary N) is 1. The van der Waals surface area contributed by atoms with Crippen molar-refractivity contribution in [2.45, 2.75) is 112 Å². The Morgan fingerprint density at radius 2 is 1.65 bits per heavy atom. The number of amides is 1. The molecule has 5 heterocycles. The maximum Gasteiger partial charge on any atom is 0.341 e. The van der Waals surface area contributed by atoms with Gasteiger partial charge in [-0.05, 0) is 39.8 Å². The van der Waals surface area contributed by atoms with Gasteiger partial charge < -0.3 is 64.4 Å². The predicted molar refractivity (Wildman–Crippen MR) is 281 cm³/mol. The number of nitrogens with zero attached hydrogens (tertiary/aromatic N) is 4. The quantitative estimate of drug-likeness (QED) is 0.0444. The van der Waals surface area contributed by atoms with Crippen LogP contribution < -0.4 is 20.4 Å². The number of pyridine rings is 1. The summed E-state index contributed by atoms with van der Waals surface area (Å²) in [5.74, 6) is -13.3. The van der Waals surface area contributed by atoms with Crippen LogP contribution in [0.25, 0.3) is 21.7 Å². The third kappa shape index (κ3) is 10.4. The number of hydrogen-bond acceptors (Lipinski definition) is 17. The zero-order valence-corrected chi connectivity index (χ0v) is 44.5. The molecule has 3 aromatic carbocycles. The molecule has 0 saturated carbocycles. The van der Waals surface area contributed by atoms with Crippen LogP contribution in [0.1, 0.15) is 94.2 Å². The molecule has 7 N–H and O–H groups in total. The average molecular weight is 1070 g/mol. The van der Waals surface area contributed by atoms with E-state index >= 15 is 8.78 Å². The molecule has 22 heteroatoms. The minimum Gasteiger partial charge on any atom is -0.507 e. The number of phenols is 3. The van der Waals surface area contributed by atoms with Gasteiger partial charge in [0.2, 0.25) is 5.43 Å². The number of fused-ring (bicyclic) bond motifs is 15.